The Kier molecular flexibility index (Phi) is 2.97. The molecule has 0 atom stereocenters. The van der Waals surface area contributed by atoms with Crippen LogP contribution in [0.4, 0.5) is 0 Å². The molecule has 0 saturated carbocycles. The quantitative estimate of drug-likeness (QED) is 0.865. The SMILES string of the molecule is Brc1cc(Br)n(CCn2cncn2)n1. The van der Waals surface area contributed by atoms with E-state index in [1.165, 1.54) is 6.33 Å². The monoisotopic (exact) mass is 319 g/mol. The van der Waals surface area contributed by atoms with E-state index < -0.39 is 0 Å². The smallest absolute Gasteiger partial charge is 0.137 e. The van der Waals surface area contributed by atoms with E-state index in [0.29, 0.717) is 0 Å². The maximum atomic E-state index is 4.23. The van der Waals surface area contributed by atoms with E-state index in [0.717, 1.165) is 22.3 Å². The summed E-state index contributed by atoms with van der Waals surface area (Å²) in [4.78, 5) is 3.86. The molecule has 0 fully saturated rings. The molecule has 0 aliphatic rings. The molecule has 5 nitrogen and oxygen atoms in total. The second-order valence-corrected chi connectivity index (χ2v) is 4.30. The number of aromatic nitrogens is 5. The predicted molar refractivity (Wildman–Crippen MR) is 57.6 cm³/mol. The predicted octanol–water partition coefficient (Wildman–Crippen LogP) is 1.70. The number of rotatable bonds is 3. The maximum absolute atomic E-state index is 4.23. The Morgan fingerprint density at radius 1 is 1.29 bits per heavy atom. The first-order chi connectivity index (χ1) is 6.75. The number of hydrogen-bond donors (Lipinski definition) is 0. The Bertz CT molecular complexity index is 408. The standard InChI is InChI=1S/C7H7Br2N5/c8-6-3-7(9)14(12-6)2-1-13-5-10-4-11-13/h3-5H,1-2H2. The van der Waals surface area contributed by atoms with Crippen molar-refractivity contribution in [2.24, 2.45) is 0 Å². The molecular formula is C7H7Br2N5. The van der Waals surface area contributed by atoms with Gasteiger partial charge in [0.2, 0.25) is 0 Å². The Morgan fingerprint density at radius 3 is 2.71 bits per heavy atom. The van der Waals surface area contributed by atoms with E-state index >= 15 is 0 Å². The molecule has 2 aromatic rings. The molecule has 0 unspecified atom stereocenters. The van der Waals surface area contributed by atoms with Crippen LogP contribution in [0, 0.1) is 0 Å². The van der Waals surface area contributed by atoms with Crippen molar-refractivity contribution in [3.8, 4) is 0 Å². The molecule has 0 radical (unpaired) electrons. The fraction of sp³-hybridized carbons (Fsp3) is 0.286. The van der Waals surface area contributed by atoms with E-state index in [1.807, 2.05) is 10.7 Å². The van der Waals surface area contributed by atoms with Gasteiger partial charge in [-0.05, 0) is 31.9 Å². The molecular weight excluding hydrogens is 314 g/mol. The van der Waals surface area contributed by atoms with E-state index in [1.54, 1.807) is 11.0 Å². The lowest BCUT2D eigenvalue weighted by Crippen LogP contribution is -2.09. The minimum atomic E-state index is 0.757. The zero-order valence-electron chi connectivity index (χ0n) is 7.14. The van der Waals surface area contributed by atoms with Gasteiger partial charge >= 0.3 is 0 Å². The molecule has 14 heavy (non-hydrogen) atoms. The first kappa shape index (κ1) is 9.85. The molecule has 0 amide bonds. The summed E-state index contributed by atoms with van der Waals surface area (Å²) in [6.45, 7) is 1.52. The minimum absolute atomic E-state index is 0.757. The largest absolute Gasteiger partial charge is 0.255 e. The highest BCUT2D eigenvalue weighted by Gasteiger charge is 2.02. The lowest BCUT2D eigenvalue weighted by atomic mass is 10.6. The summed E-state index contributed by atoms with van der Waals surface area (Å²) in [5.41, 5.74) is 0. The number of nitrogens with zero attached hydrogens (tertiary/aromatic N) is 5. The minimum Gasteiger partial charge on any atom is -0.255 e. The van der Waals surface area contributed by atoms with E-state index in [9.17, 15) is 0 Å². The topological polar surface area (TPSA) is 48.5 Å². The van der Waals surface area contributed by atoms with Crippen molar-refractivity contribution < 1.29 is 0 Å². The maximum Gasteiger partial charge on any atom is 0.137 e. The van der Waals surface area contributed by atoms with Crippen LogP contribution in [-0.2, 0) is 13.1 Å². The molecule has 0 saturated heterocycles. The molecule has 0 N–H and O–H groups in total. The van der Waals surface area contributed by atoms with Crippen LogP contribution in [-0.4, -0.2) is 24.5 Å². The molecule has 7 heteroatoms. The first-order valence-electron chi connectivity index (χ1n) is 3.97. The Morgan fingerprint density at radius 2 is 2.14 bits per heavy atom. The van der Waals surface area contributed by atoms with Gasteiger partial charge in [0, 0.05) is 6.07 Å². The third-order valence-corrected chi connectivity index (χ3v) is 2.73. The number of aryl methyl sites for hydroxylation is 2. The van der Waals surface area contributed by atoms with Crippen LogP contribution in [0.2, 0.25) is 0 Å². The molecule has 0 spiro atoms. The lowest BCUT2D eigenvalue weighted by molar-refractivity contribution is 0.492. The molecule has 0 aliphatic carbocycles. The third-order valence-electron chi connectivity index (χ3n) is 1.71. The lowest BCUT2D eigenvalue weighted by Gasteiger charge is -2.02. The Labute approximate surface area is 97.4 Å². The highest BCUT2D eigenvalue weighted by atomic mass is 79.9. The van der Waals surface area contributed by atoms with Crippen LogP contribution in [0.25, 0.3) is 0 Å². The highest BCUT2D eigenvalue weighted by Crippen LogP contribution is 2.15. The van der Waals surface area contributed by atoms with Crippen molar-refractivity contribution >= 4 is 31.9 Å². The molecule has 0 aromatic carbocycles. The van der Waals surface area contributed by atoms with Crippen molar-refractivity contribution in [2.75, 3.05) is 0 Å². The second-order valence-electron chi connectivity index (χ2n) is 2.67. The zero-order valence-corrected chi connectivity index (χ0v) is 10.3. The molecule has 2 aromatic heterocycles. The number of hydrogen-bond acceptors (Lipinski definition) is 3. The van der Waals surface area contributed by atoms with Crippen molar-refractivity contribution in [1.82, 2.24) is 24.5 Å². The van der Waals surface area contributed by atoms with Gasteiger partial charge in [0.1, 0.15) is 21.9 Å². The average molecular weight is 321 g/mol. The third kappa shape index (κ3) is 2.21. The van der Waals surface area contributed by atoms with Crippen LogP contribution in [0.15, 0.2) is 27.9 Å². The van der Waals surface area contributed by atoms with Gasteiger partial charge in [0.05, 0.1) is 13.1 Å². The van der Waals surface area contributed by atoms with Gasteiger partial charge < -0.3 is 0 Å². The van der Waals surface area contributed by atoms with Crippen molar-refractivity contribution in [2.45, 2.75) is 13.1 Å². The van der Waals surface area contributed by atoms with Crippen molar-refractivity contribution in [3.63, 3.8) is 0 Å². The van der Waals surface area contributed by atoms with Crippen molar-refractivity contribution in [1.29, 1.82) is 0 Å². The van der Waals surface area contributed by atoms with Crippen LogP contribution < -0.4 is 0 Å². The number of halogens is 2. The summed E-state index contributed by atoms with van der Waals surface area (Å²) in [5.74, 6) is 0. The molecule has 0 aliphatic heterocycles. The molecule has 74 valence electrons. The zero-order chi connectivity index (χ0) is 9.97. The van der Waals surface area contributed by atoms with E-state index in [4.69, 9.17) is 0 Å². The summed E-state index contributed by atoms with van der Waals surface area (Å²) in [5, 5.41) is 8.24. The molecule has 2 heterocycles. The normalized spacial score (nSPS) is 10.7. The fourth-order valence-corrected chi connectivity index (χ4v) is 2.26. The Hall–Kier alpha value is -0.690. The van der Waals surface area contributed by atoms with E-state index in [-0.39, 0.29) is 0 Å². The van der Waals surface area contributed by atoms with Gasteiger partial charge in [-0.25, -0.2) is 4.98 Å². The van der Waals surface area contributed by atoms with Crippen LogP contribution in [0.5, 0.6) is 0 Å². The summed E-state index contributed by atoms with van der Waals surface area (Å²) in [6.07, 6.45) is 3.21. The van der Waals surface area contributed by atoms with E-state index in [2.05, 4.69) is 47.0 Å². The summed E-state index contributed by atoms with van der Waals surface area (Å²) in [7, 11) is 0. The molecule has 0 bridgehead atoms. The molecule has 2 rings (SSSR count). The average Bonchev–Trinajstić information content (AvgIpc) is 2.72. The van der Waals surface area contributed by atoms with Gasteiger partial charge in [0.25, 0.3) is 0 Å². The Balaban J connectivity index is 2.01. The highest BCUT2D eigenvalue weighted by molar-refractivity contribution is 9.11. The van der Waals surface area contributed by atoms with Crippen LogP contribution >= 0.6 is 31.9 Å². The summed E-state index contributed by atoms with van der Waals surface area (Å²) >= 11 is 6.71. The first-order valence-corrected chi connectivity index (χ1v) is 5.55. The second kappa shape index (κ2) is 4.22. The van der Waals surface area contributed by atoms with Gasteiger partial charge in [-0.3, -0.25) is 9.36 Å². The van der Waals surface area contributed by atoms with Crippen LogP contribution in [0.3, 0.4) is 0 Å². The van der Waals surface area contributed by atoms with Gasteiger partial charge in [-0.15, -0.1) is 0 Å². The van der Waals surface area contributed by atoms with Crippen LogP contribution in [0.1, 0.15) is 0 Å². The van der Waals surface area contributed by atoms with Crippen molar-refractivity contribution in [3.05, 3.63) is 27.9 Å². The van der Waals surface area contributed by atoms with Gasteiger partial charge in [-0.2, -0.15) is 10.2 Å². The fourth-order valence-electron chi connectivity index (χ4n) is 1.07. The summed E-state index contributed by atoms with van der Waals surface area (Å²) < 4.78 is 5.39. The van der Waals surface area contributed by atoms with Gasteiger partial charge in [-0.1, -0.05) is 0 Å². The van der Waals surface area contributed by atoms with Gasteiger partial charge in [0.15, 0.2) is 0 Å². The summed E-state index contributed by atoms with van der Waals surface area (Å²) in [6, 6.07) is 1.90.